The second-order valence-corrected chi connectivity index (χ2v) is 6.05. The zero-order valence-corrected chi connectivity index (χ0v) is 16.0. The summed E-state index contributed by atoms with van der Waals surface area (Å²) in [5.41, 5.74) is 2.09. The smallest absolute Gasteiger partial charge is 0.271 e. The third-order valence-corrected chi connectivity index (χ3v) is 4.13. The molecule has 1 amide bonds. The summed E-state index contributed by atoms with van der Waals surface area (Å²) >= 11 is 6.05. The number of amides is 1. The third-order valence-electron chi connectivity index (χ3n) is 3.83. The number of azo groups is 1. The van der Waals surface area contributed by atoms with E-state index in [9.17, 15) is 14.9 Å². The van der Waals surface area contributed by atoms with E-state index < -0.39 is 4.92 Å². The first-order chi connectivity index (χ1) is 12.8. The number of benzene rings is 2. The third kappa shape index (κ3) is 5.24. The number of non-ortho nitro benzene ring substituents is 1. The van der Waals surface area contributed by atoms with E-state index >= 15 is 0 Å². The molecule has 27 heavy (non-hydrogen) atoms. The first kappa shape index (κ1) is 20.3. The van der Waals surface area contributed by atoms with Crippen molar-refractivity contribution in [2.75, 3.05) is 23.3 Å². The molecule has 2 aromatic carbocycles. The quantitative estimate of drug-likeness (QED) is 0.385. The number of carbonyl (C=O) groups is 1. The highest BCUT2D eigenvalue weighted by atomic mass is 35.5. The van der Waals surface area contributed by atoms with Crippen molar-refractivity contribution in [3.63, 3.8) is 0 Å². The first-order valence-electron chi connectivity index (χ1n) is 8.38. The Labute approximate surface area is 162 Å². The number of anilines is 2. The van der Waals surface area contributed by atoms with Crippen molar-refractivity contribution < 1.29 is 9.72 Å². The molecule has 0 fully saturated rings. The molecule has 2 aromatic rings. The number of hydrogen-bond donors (Lipinski definition) is 1. The summed E-state index contributed by atoms with van der Waals surface area (Å²) in [6, 6.07) is 9.44. The Hall–Kier alpha value is -3.00. The van der Waals surface area contributed by atoms with Crippen LogP contribution in [0.5, 0.6) is 0 Å². The van der Waals surface area contributed by atoms with Gasteiger partial charge in [0.15, 0.2) is 0 Å². The molecule has 0 aromatic heterocycles. The van der Waals surface area contributed by atoms with Crippen molar-refractivity contribution in [1.29, 1.82) is 0 Å². The summed E-state index contributed by atoms with van der Waals surface area (Å²) in [5.74, 6) is -0.226. The highest BCUT2D eigenvalue weighted by Gasteiger charge is 2.11. The summed E-state index contributed by atoms with van der Waals surface area (Å²) in [5, 5.41) is 21.9. The second kappa shape index (κ2) is 9.09. The molecule has 1 N–H and O–H groups in total. The normalized spacial score (nSPS) is 10.8. The van der Waals surface area contributed by atoms with Gasteiger partial charge in [-0.25, -0.2) is 0 Å². The lowest BCUT2D eigenvalue weighted by Crippen LogP contribution is -2.21. The predicted octanol–water partition coefficient (Wildman–Crippen LogP) is 5.47. The SMILES string of the molecule is CCN(CC)c1ccc(NC(C)=O)c(N=Nc2ccc([N+](=O)[O-])cc2Cl)c1. The van der Waals surface area contributed by atoms with Gasteiger partial charge in [0.05, 0.1) is 15.6 Å². The number of rotatable bonds is 7. The number of nitrogens with zero attached hydrogens (tertiary/aromatic N) is 4. The Morgan fingerprint density at radius 1 is 1.15 bits per heavy atom. The number of carbonyl (C=O) groups excluding carboxylic acids is 1. The molecule has 8 nitrogen and oxygen atoms in total. The maximum absolute atomic E-state index is 11.4. The van der Waals surface area contributed by atoms with Crippen molar-refractivity contribution in [3.8, 4) is 0 Å². The van der Waals surface area contributed by atoms with E-state index in [0.717, 1.165) is 18.8 Å². The molecule has 0 radical (unpaired) electrons. The van der Waals surface area contributed by atoms with Crippen molar-refractivity contribution in [3.05, 3.63) is 51.5 Å². The van der Waals surface area contributed by atoms with Crippen molar-refractivity contribution in [2.45, 2.75) is 20.8 Å². The molecule has 0 unspecified atom stereocenters. The predicted molar refractivity (Wildman–Crippen MR) is 107 cm³/mol. The summed E-state index contributed by atoms with van der Waals surface area (Å²) in [6.45, 7) is 7.14. The fourth-order valence-electron chi connectivity index (χ4n) is 2.48. The lowest BCUT2D eigenvalue weighted by atomic mass is 10.2. The van der Waals surface area contributed by atoms with Gasteiger partial charge in [0.2, 0.25) is 5.91 Å². The molecule has 2 rings (SSSR count). The lowest BCUT2D eigenvalue weighted by Gasteiger charge is -2.21. The van der Waals surface area contributed by atoms with E-state index in [0.29, 0.717) is 17.1 Å². The van der Waals surface area contributed by atoms with Crippen LogP contribution in [0.3, 0.4) is 0 Å². The van der Waals surface area contributed by atoms with E-state index in [1.807, 2.05) is 26.0 Å². The molecule has 0 spiro atoms. The Morgan fingerprint density at radius 3 is 2.37 bits per heavy atom. The Kier molecular flexibility index (Phi) is 6.84. The maximum Gasteiger partial charge on any atom is 0.271 e. The minimum Gasteiger partial charge on any atom is -0.372 e. The minimum atomic E-state index is -0.532. The van der Waals surface area contributed by atoms with Gasteiger partial charge in [-0.3, -0.25) is 14.9 Å². The Balaban J connectivity index is 2.42. The number of nitro benzene ring substituents is 1. The van der Waals surface area contributed by atoms with Gasteiger partial charge in [0.1, 0.15) is 11.4 Å². The molecule has 0 heterocycles. The van der Waals surface area contributed by atoms with Gasteiger partial charge < -0.3 is 10.2 Å². The number of hydrogen-bond acceptors (Lipinski definition) is 6. The monoisotopic (exact) mass is 389 g/mol. The van der Waals surface area contributed by atoms with E-state index in [1.165, 1.54) is 25.1 Å². The standard InChI is InChI=1S/C18H20ClN5O3/c1-4-23(5-2)13-6-9-17(20-12(3)25)18(11-13)22-21-16-8-7-14(24(26)27)10-15(16)19/h6-11H,4-5H2,1-3H3,(H,20,25). The van der Waals surface area contributed by atoms with Crippen LogP contribution in [0.2, 0.25) is 5.02 Å². The Bertz CT molecular complexity index is 881. The van der Waals surface area contributed by atoms with Crippen LogP contribution in [-0.2, 0) is 4.79 Å². The van der Waals surface area contributed by atoms with Crippen LogP contribution in [0.15, 0.2) is 46.6 Å². The molecule has 142 valence electrons. The maximum atomic E-state index is 11.4. The summed E-state index contributed by atoms with van der Waals surface area (Å²) in [4.78, 5) is 23.8. The molecular weight excluding hydrogens is 370 g/mol. The molecule has 0 aliphatic carbocycles. The molecule has 0 saturated carbocycles. The van der Waals surface area contributed by atoms with Crippen molar-refractivity contribution >= 4 is 45.9 Å². The average Bonchev–Trinajstić information content (AvgIpc) is 2.62. The molecule has 0 aliphatic rings. The van der Waals surface area contributed by atoms with E-state index in [-0.39, 0.29) is 16.6 Å². The second-order valence-electron chi connectivity index (χ2n) is 5.65. The first-order valence-corrected chi connectivity index (χ1v) is 8.75. The van der Waals surface area contributed by atoms with Gasteiger partial charge in [0, 0.05) is 37.8 Å². The van der Waals surface area contributed by atoms with Gasteiger partial charge in [-0.2, -0.15) is 0 Å². The highest BCUT2D eigenvalue weighted by Crippen LogP contribution is 2.34. The van der Waals surface area contributed by atoms with Crippen LogP contribution >= 0.6 is 11.6 Å². The molecule has 9 heteroatoms. The number of nitro groups is 1. The van der Waals surface area contributed by atoms with Gasteiger partial charge >= 0.3 is 0 Å². The summed E-state index contributed by atoms with van der Waals surface area (Å²) in [6.07, 6.45) is 0. The van der Waals surface area contributed by atoms with E-state index in [4.69, 9.17) is 11.6 Å². The number of nitrogens with one attached hydrogen (secondary N) is 1. The summed E-state index contributed by atoms with van der Waals surface area (Å²) in [7, 11) is 0. The number of halogens is 1. The van der Waals surface area contributed by atoms with Gasteiger partial charge in [-0.1, -0.05) is 11.6 Å². The summed E-state index contributed by atoms with van der Waals surface area (Å²) < 4.78 is 0. The van der Waals surface area contributed by atoms with Crippen LogP contribution in [0.1, 0.15) is 20.8 Å². The van der Waals surface area contributed by atoms with Crippen LogP contribution < -0.4 is 10.2 Å². The zero-order chi connectivity index (χ0) is 20.0. The van der Waals surface area contributed by atoms with Gasteiger partial charge in [-0.05, 0) is 38.1 Å². The van der Waals surface area contributed by atoms with E-state index in [2.05, 4.69) is 20.4 Å². The molecule has 0 bridgehead atoms. The molecule has 0 atom stereocenters. The highest BCUT2D eigenvalue weighted by molar-refractivity contribution is 6.33. The van der Waals surface area contributed by atoms with Crippen LogP contribution in [0.25, 0.3) is 0 Å². The lowest BCUT2D eigenvalue weighted by molar-refractivity contribution is -0.384. The fourth-order valence-corrected chi connectivity index (χ4v) is 2.69. The van der Waals surface area contributed by atoms with E-state index in [1.54, 1.807) is 6.07 Å². The van der Waals surface area contributed by atoms with Gasteiger partial charge in [0.25, 0.3) is 5.69 Å². The largest absolute Gasteiger partial charge is 0.372 e. The van der Waals surface area contributed by atoms with Crippen LogP contribution in [-0.4, -0.2) is 23.9 Å². The fraction of sp³-hybridized carbons (Fsp3) is 0.278. The molecular formula is C18H20ClN5O3. The van der Waals surface area contributed by atoms with Crippen LogP contribution in [0.4, 0.5) is 28.4 Å². The Morgan fingerprint density at radius 2 is 1.81 bits per heavy atom. The topological polar surface area (TPSA) is 100 Å². The molecule has 0 saturated heterocycles. The molecule has 0 aliphatic heterocycles. The van der Waals surface area contributed by atoms with Crippen molar-refractivity contribution in [2.24, 2.45) is 10.2 Å². The van der Waals surface area contributed by atoms with Crippen molar-refractivity contribution in [1.82, 2.24) is 0 Å². The average molecular weight is 390 g/mol. The minimum absolute atomic E-state index is 0.119. The zero-order valence-electron chi connectivity index (χ0n) is 15.3. The van der Waals surface area contributed by atoms with Gasteiger partial charge in [-0.15, -0.1) is 10.2 Å². The van der Waals surface area contributed by atoms with Crippen LogP contribution in [0, 0.1) is 10.1 Å².